The minimum Gasteiger partial charge on any atom is -0.508 e. The van der Waals surface area contributed by atoms with E-state index < -0.39 is 23.3 Å². The molecule has 0 spiro atoms. The molecule has 2 N–H and O–H groups in total. The number of hydrogen-bond donors (Lipinski definition) is 2. The molecule has 1 unspecified atom stereocenters. The van der Waals surface area contributed by atoms with E-state index in [1.807, 2.05) is 0 Å². The number of anilines is 1. The van der Waals surface area contributed by atoms with Crippen molar-refractivity contribution in [1.29, 1.82) is 0 Å². The van der Waals surface area contributed by atoms with Crippen LogP contribution >= 0.6 is 0 Å². The van der Waals surface area contributed by atoms with E-state index >= 15 is 8.78 Å². The zero-order chi connectivity index (χ0) is 29.3. The van der Waals surface area contributed by atoms with Gasteiger partial charge in [0.15, 0.2) is 5.82 Å². The first-order chi connectivity index (χ1) is 20.9. The molecule has 9 nitrogen and oxygen atoms in total. The molecule has 0 bridgehead atoms. The van der Waals surface area contributed by atoms with E-state index in [-0.39, 0.29) is 59.1 Å². The highest BCUT2D eigenvalue weighted by Gasteiger charge is 2.49. The molecule has 6 heterocycles. The van der Waals surface area contributed by atoms with Crippen molar-refractivity contribution in [2.45, 2.75) is 43.4 Å². The Kier molecular flexibility index (Phi) is 6.27. The van der Waals surface area contributed by atoms with Crippen LogP contribution in [0.3, 0.4) is 0 Å². The van der Waals surface area contributed by atoms with Gasteiger partial charge in [-0.2, -0.15) is 9.97 Å². The number of aromatic hydroxyl groups is 1. The van der Waals surface area contributed by atoms with Gasteiger partial charge in [-0.15, -0.1) is 0 Å². The summed E-state index contributed by atoms with van der Waals surface area (Å²) >= 11 is 0. The number of fused-ring (bicyclic) bond motifs is 4. The normalized spacial score (nSPS) is 25.3. The maximum absolute atomic E-state index is 16.7. The first-order valence-corrected chi connectivity index (χ1v) is 14.9. The van der Waals surface area contributed by atoms with Gasteiger partial charge < -0.3 is 24.8 Å². The Morgan fingerprint density at radius 1 is 1.12 bits per heavy atom. The fourth-order valence-corrected chi connectivity index (χ4v) is 7.42. The van der Waals surface area contributed by atoms with E-state index in [2.05, 4.69) is 25.1 Å². The van der Waals surface area contributed by atoms with Crippen molar-refractivity contribution in [3.63, 3.8) is 0 Å². The Morgan fingerprint density at radius 2 is 2.02 bits per heavy atom. The predicted molar refractivity (Wildman–Crippen MR) is 155 cm³/mol. The first-order valence-electron chi connectivity index (χ1n) is 14.9. The number of alkyl halides is 1. The molecule has 3 fully saturated rings. The van der Waals surface area contributed by atoms with Gasteiger partial charge in [0, 0.05) is 37.0 Å². The third kappa shape index (κ3) is 4.33. The van der Waals surface area contributed by atoms with Crippen molar-refractivity contribution in [1.82, 2.24) is 25.2 Å². The van der Waals surface area contributed by atoms with Gasteiger partial charge in [-0.25, -0.2) is 18.2 Å². The molecule has 0 aliphatic carbocycles. The van der Waals surface area contributed by atoms with E-state index in [0.29, 0.717) is 42.6 Å². The van der Waals surface area contributed by atoms with Crippen LogP contribution in [0.15, 0.2) is 30.3 Å². The molecule has 3 saturated heterocycles. The summed E-state index contributed by atoms with van der Waals surface area (Å²) in [6.07, 6.45) is 2.00. The molecule has 0 saturated carbocycles. The van der Waals surface area contributed by atoms with Gasteiger partial charge >= 0.3 is 6.01 Å². The molecule has 43 heavy (non-hydrogen) atoms. The third-order valence-electron chi connectivity index (χ3n) is 9.42. The van der Waals surface area contributed by atoms with Crippen LogP contribution in [-0.2, 0) is 0 Å². The lowest BCUT2D eigenvalue weighted by Gasteiger charge is -2.31. The van der Waals surface area contributed by atoms with Gasteiger partial charge in [0.05, 0.1) is 11.6 Å². The molecular formula is C31H31F3N6O3. The zero-order valence-electron chi connectivity index (χ0n) is 23.5. The van der Waals surface area contributed by atoms with Crippen LogP contribution in [0.2, 0.25) is 0 Å². The monoisotopic (exact) mass is 592 g/mol. The Balaban J connectivity index is 1.31. The molecule has 12 heteroatoms. The number of aromatic nitrogens is 3. The molecule has 4 aliphatic rings. The molecule has 0 amide bonds. The number of nitrogens with zero attached hydrogens (tertiary/aromatic N) is 5. The largest absolute Gasteiger partial charge is 0.508 e. The fourth-order valence-electron chi connectivity index (χ4n) is 7.42. The molecule has 3 atom stereocenters. The van der Waals surface area contributed by atoms with Crippen molar-refractivity contribution in [2.75, 3.05) is 50.8 Å². The van der Waals surface area contributed by atoms with Crippen molar-refractivity contribution in [3.8, 4) is 28.9 Å². The van der Waals surface area contributed by atoms with Crippen LogP contribution in [-0.4, -0.2) is 88.6 Å². The summed E-state index contributed by atoms with van der Waals surface area (Å²) in [4.78, 5) is 18.1. The Morgan fingerprint density at radius 3 is 2.93 bits per heavy atom. The van der Waals surface area contributed by atoms with Gasteiger partial charge in [-0.3, -0.25) is 4.90 Å². The number of phenolic OH excluding ortho intramolecular Hbond substituents is 1. The molecule has 4 aliphatic heterocycles. The van der Waals surface area contributed by atoms with Crippen LogP contribution in [0, 0.1) is 11.6 Å². The summed E-state index contributed by atoms with van der Waals surface area (Å²) in [6, 6.07) is 7.09. The van der Waals surface area contributed by atoms with Crippen molar-refractivity contribution in [3.05, 3.63) is 42.0 Å². The van der Waals surface area contributed by atoms with Crippen LogP contribution < -0.4 is 19.7 Å². The Labute approximate surface area is 245 Å². The lowest BCUT2D eigenvalue weighted by Crippen LogP contribution is -2.43. The average Bonchev–Trinajstić information content (AvgIpc) is 3.34. The van der Waals surface area contributed by atoms with Crippen molar-refractivity contribution in [2.24, 2.45) is 0 Å². The number of benzene rings is 2. The SMILES string of the molecule is Oc1cc(-c2nc3c4c(nc(OC[C@@]56CCCN5C[C@H](F)C6)nc4c2F)N2CCNCCC2CO3)c2c(F)cccc2c1. The summed E-state index contributed by atoms with van der Waals surface area (Å²) in [5, 5.41) is 14.7. The van der Waals surface area contributed by atoms with Crippen molar-refractivity contribution >= 4 is 27.5 Å². The highest BCUT2D eigenvalue weighted by Crippen LogP contribution is 2.44. The summed E-state index contributed by atoms with van der Waals surface area (Å²) in [5.74, 6) is -0.933. The first kappa shape index (κ1) is 26.7. The second-order valence-electron chi connectivity index (χ2n) is 12.0. The van der Waals surface area contributed by atoms with E-state index in [9.17, 15) is 9.50 Å². The molecule has 0 radical (unpaired) electrons. The lowest BCUT2D eigenvalue weighted by atomic mass is 9.95. The smallest absolute Gasteiger partial charge is 0.319 e. The van der Waals surface area contributed by atoms with Gasteiger partial charge in [0.25, 0.3) is 0 Å². The zero-order valence-corrected chi connectivity index (χ0v) is 23.5. The topological polar surface area (TPSA) is 95.9 Å². The van der Waals surface area contributed by atoms with E-state index in [0.717, 1.165) is 32.4 Å². The highest BCUT2D eigenvalue weighted by atomic mass is 19.1. The minimum absolute atomic E-state index is 0.0159. The molecular weight excluding hydrogens is 561 g/mol. The summed E-state index contributed by atoms with van der Waals surface area (Å²) in [6.45, 7) is 3.76. The van der Waals surface area contributed by atoms with Crippen LogP contribution in [0.5, 0.6) is 17.6 Å². The second kappa shape index (κ2) is 10.1. The van der Waals surface area contributed by atoms with E-state index in [4.69, 9.17) is 14.5 Å². The number of rotatable bonds is 4. The predicted octanol–water partition coefficient (Wildman–Crippen LogP) is 4.34. The third-order valence-corrected chi connectivity index (χ3v) is 9.42. The minimum atomic E-state index is -0.917. The summed E-state index contributed by atoms with van der Waals surface area (Å²) in [7, 11) is 0. The maximum Gasteiger partial charge on any atom is 0.319 e. The van der Waals surface area contributed by atoms with Gasteiger partial charge in [0.1, 0.15) is 53.4 Å². The van der Waals surface area contributed by atoms with Crippen LogP contribution in [0.4, 0.5) is 19.0 Å². The molecule has 4 aromatic rings. The van der Waals surface area contributed by atoms with E-state index in [1.165, 1.54) is 24.3 Å². The summed E-state index contributed by atoms with van der Waals surface area (Å²) in [5.41, 5.74) is -0.617. The Hall–Kier alpha value is -3.90. The van der Waals surface area contributed by atoms with Crippen molar-refractivity contribution < 1.29 is 27.8 Å². The number of hydrogen-bond acceptors (Lipinski definition) is 9. The molecule has 224 valence electrons. The Bertz CT molecular complexity index is 1760. The summed E-state index contributed by atoms with van der Waals surface area (Å²) < 4.78 is 58.8. The van der Waals surface area contributed by atoms with Gasteiger partial charge in [-0.05, 0) is 55.9 Å². The molecule has 8 rings (SSSR count). The van der Waals surface area contributed by atoms with Gasteiger partial charge in [-0.1, -0.05) is 12.1 Å². The lowest BCUT2D eigenvalue weighted by molar-refractivity contribution is 0.107. The maximum atomic E-state index is 16.7. The number of ether oxygens (including phenoxy) is 2. The van der Waals surface area contributed by atoms with Crippen LogP contribution in [0.25, 0.3) is 32.9 Å². The highest BCUT2D eigenvalue weighted by molar-refractivity contribution is 6.02. The quantitative estimate of drug-likeness (QED) is 0.359. The molecule has 2 aromatic heterocycles. The number of halogens is 3. The number of phenols is 1. The van der Waals surface area contributed by atoms with Crippen LogP contribution in [0.1, 0.15) is 25.7 Å². The average molecular weight is 593 g/mol. The molecule has 2 aromatic carbocycles. The van der Waals surface area contributed by atoms with Gasteiger partial charge in [0.2, 0.25) is 5.88 Å². The number of nitrogens with one attached hydrogen (secondary N) is 1. The number of pyridine rings is 1. The van der Waals surface area contributed by atoms with E-state index in [1.54, 1.807) is 6.07 Å². The second-order valence-corrected chi connectivity index (χ2v) is 12.0. The standard InChI is InChI=1S/C31H31F3N6O3/c32-18-13-31(6-2-9-39(31)14-18)16-43-30-37-27-24-28(38-30)40-10-8-35-7-5-19(40)15-42-29(24)36-26(25(27)34)21-12-20(41)11-17-3-1-4-22(33)23(17)21/h1,3-4,11-12,18-19,35,41H,2,5-10,13-16H2/t18-,19?,31+/m1/s1. The fraction of sp³-hybridized carbons (Fsp3) is 0.452.